The quantitative estimate of drug-likeness (QED) is 0.840. The molecule has 3 heterocycles. The largest absolute Gasteiger partial charge is 0.381 e. The lowest BCUT2D eigenvalue weighted by Crippen LogP contribution is -2.45. The number of piperidine rings is 1. The van der Waals surface area contributed by atoms with Crippen LogP contribution in [0.4, 0.5) is 0 Å². The number of ether oxygens (including phenoxy) is 1. The van der Waals surface area contributed by atoms with E-state index in [1.54, 1.807) is 6.20 Å². The molecular formula is C23H32N4O2. The van der Waals surface area contributed by atoms with Crippen LogP contribution in [0.15, 0.2) is 36.5 Å². The Balaban J connectivity index is 1.31. The second-order valence-electron chi connectivity index (χ2n) is 8.30. The lowest BCUT2D eigenvalue weighted by Gasteiger charge is -2.36. The zero-order valence-corrected chi connectivity index (χ0v) is 17.5. The molecule has 2 aromatic rings. The molecule has 0 bridgehead atoms. The van der Waals surface area contributed by atoms with E-state index < -0.39 is 0 Å². The fraction of sp³-hybridized carbons (Fsp3) is 0.565. The van der Waals surface area contributed by atoms with Crippen molar-refractivity contribution in [2.75, 3.05) is 26.3 Å². The van der Waals surface area contributed by atoms with Gasteiger partial charge in [0.1, 0.15) is 0 Å². The normalized spacial score (nSPS) is 20.5. The lowest BCUT2D eigenvalue weighted by atomic mass is 10.00. The van der Waals surface area contributed by atoms with Gasteiger partial charge in [0, 0.05) is 44.1 Å². The van der Waals surface area contributed by atoms with Crippen LogP contribution in [0.25, 0.3) is 0 Å². The monoisotopic (exact) mass is 396 g/mol. The average Bonchev–Trinajstić information content (AvgIpc) is 3.16. The molecule has 1 amide bonds. The molecule has 1 aromatic carbocycles. The first-order chi connectivity index (χ1) is 14.1. The van der Waals surface area contributed by atoms with Crippen LogP contribution in [0, 0.1) is 6.92 Å². The summed E-state index contributed by atoms with van der Waals surface area (Å²) in [6.45, 7) is 7.81. The number of carbonyl (C=O) groups is 1. The van der Waals surface area contributed by atoms with Crippen LogP contribution in [0.2, 0.25) is 0 Å². The zero-order valence-electron chi connectivity index (χ0n) is 17.5. The number of nitrogens with one attached hydrogen (secondary N) is 1. The van der Waals surface area contributed by atoms with Crippen molar-refractivity contribution in [3.05, 3.63) is 53.3 Å². The molecule has 4 rings (SSSR count). The van der Waals surface area contributed by atoms with Crippen molar-refractivity contribution >= 4 is 5.91 Å². The van der Waals surface area contributed by atoms with Crippen LogP contribution >= 0.6 is 0 Å². The minimum absolute atomic E-state index is 0.00960. The van der Waals surface area contributed by atoms with Gasteiger partial charge in [0.2, 0.25) is 0 Å². The summed E-state index contributed by atoms with van der Waals surface area (Å²) < 4.78 is 7.46. The van der Waals surface area contributed by atoms with Gasteiger partial charge in [0.25, 0.3) is 5.91 Å². The van der Waals surface area contributed by atoms with Gasteiger partial charge in [-0.15, -0.1) is 0 Å². The number of carbonyl (C=O) groups excluding carboxylic acids is 1. The third-order valence-electron chi connectivity index (χ3n) is 6.52. The zero-order chi connectivity index (χ0) is 20.2. The van der Waals surface area contributed by atoms with Crippen LogP contribution in [-0.2, 0) is 4.74 Å². The van der Waals surface area contributed by atoms with E-state index in [4.69, 9.17) is 4.74 Å². The van der Waals surface area contributed by atoms with E-state index in [1.807, 2.05) is 11.6 Å². The third-order valence-corrected chi connectivity index (χ3v) is 6.52. The summed E-state index contributed by atoms with van der Waals surface area (Å²) in [6, 6.07) is 11.6. The maximum Gasteiger partial charge on any atom is 0.254 e. The highest BCUT2D eigenvalue weighted by Gasteiger charge is 2.26. The van der Waals surface area contributed by atoms with Crippen LogP contribution in [-0.4, -0.2) is 52.9 Å². The Labute approximate surface area is 173 Å². The molecule has 6 heteroatoms. The average molecular weight is 397 g/mol. The standard InChI is InChI=1S/C23H32N4O2/c1-17(19-6-4-3-5-7-19)26-12-8-20(9-13-26)25-23(28)22-16-24-27(18(22)2)21-10-14-29-15-11-21/h3-7,16-17,20-21H,8-15H2,1-2H3,(H,25,28). The third kappa shape index (κ3) is 4.54. The highest BCUT2D eigenvalue weighted by atomic mass is 16.5. The van der Waals surface area contributed by atoms with Gasteiger partial charge < -0.3 is 10.1 Å². The van der Waals surface area contributed by atoms with Crippen molar-refractivity contribution in [3.8, 4) is 0 Å². The number of nitrogens with zero attached hydrogens (tertiary/aromatic N) is 3. The summed E-state index contributed by atoms with van der Waals surface area (Å²) in [5, 5.41) is 7.76. The molecule has 2 aliphatic rings. The molecule has 2 fully saturated rings. The number of likely N-dealkylation sites (tertiary alicyclic amines) is 1. The summed E-state index contributed by atoms with van der Waals surface area (Å²) in [4.78, 5) is 15.4. The predicted octanol–water partition coefficient (Wildman–Crippen LogP) is 3.50. The molecule has 1 aromatic heterocycles. The van der Waals surface area contributed by atoms with Crippen LogP contribution in [0.3, 0.4) is 0 Å². The van der Waals surface area contributed by atoms with E-state index in [1.165, 1.54) is 5.56 Å². The van der Waals surface area contributed by atoms with Gasteiger partial charge in [-0.05, 0) is 45.1 Å². The first kappa shape index (κ1) is 20.1. The first-order valence-electron chi connectivity index (χ1n) is 10.8. The Hall–Kier alpha value is -2.18. The fourth-order valence-corrected chi connectivity index (χ4v) is 4.58. The van der Waals surface area contributed by atoms with Gasteiger partial charge >= 0.3 is 0 Å². The predicted molar refractivity (Wildman–Crippen MR) is 113 cm³/mol. The van der Waals surface area contributed by atoms with E-state index in [9.17, 15) is 4.79 Å². The van der Waals surface area contributed by atoms with Crippen LogP contribution in [0.1, 0.15) is 66.3 Å². The van der Waals surface area contributed by atoms with E-state index in [-0.39, 0.29) is 11.9 Å². The topological polar surface area (TPSA) is 59.4 Å². The number of benzene rings is 1. The first-order valence-corrected chi connectivity index (χ1v) is 10.8. The van der Waals surface area contributed by atoms with Gasteiger partial charge in [-0.25, -0.2) is 0 Å². The summed E-state index contributed by atoms with van der Waals surface area (Å²) in [7, 11) is 0. The molecule has 2 aliphatic heterocycles. The maximum absolute atomic E-state index is 12.9. The van der Waals surface area contributed by atoms with Gasteiger partial charge in [-0.3, -0.25) is 14.4 Å². The Kier molecular flexibility index (Phi) is 6.31. The molecule has 0 saturated carbocycles. The molecule has 0 aliphatic carbocycles. The molecule has 1 N–H and O–H groups in total. The molecule has 0 spiro atoms. The molecular weight excluding hydrogens is 364 g/mol. The minimum Gasteiger partial charge on any atom is -0.381 e. The minimum atomic E-state index is 0.00960. The molecule has 6 nitrogen and oxygen atoms in total. The smallest absolute Gasteiger partial charge is 0.254 e. The number of amides is 1. The number of rotatable bonds is 5. The van der Waals surface area contributed by atoms with Crippen LogP contribution < -0.4 is 5.32 Å². The van der Waals surface area contributed by atoms with Crippen molar-refractivity contribution in [1.82, 2.24) is 20.0 Å². The van der Waals surface area contributed by atoms with Crippen LogP contribution in [0.5, 0.6) is 0 Å². The van der Waals surface area contributed by atoms with E-state index in [2.05, 4.69) is 52.6 Å². The van der Waals surface area contributed by atoms with Crippen molar-refractivity contribution in [3.63, 3.8) is 0 Å². The lowest BCUT2D eigenvalue weighted by molar-refractivity contribution is 0.0656. The highest BCUT2D eigenvalue weighted by molar-refractivity contribution is 5.95. The van der Waals surface area contributed by atoms with Gasteiger partial charge in [-0.2, -0.15) is 5.10 Å². The second kappa shape index (κ2) is 9.09. The summed E-state index contributed by atoms with van der Waals surface area (Å²) in [5.74, 6) is 0.00960. The summed E-state index contributed by atoms with van der Waals surface area (Å²) >= 11 is 0. The maximum atomic E-state index is 12.9. The highest BCUT2D eigenvalue weighted by Crippen LogP contribution is 2.25. The summed E-state index contributed by atoms with van der Waals surface area (Å²) in [5.41, 5.74) is 3.02. The molecule has 2 saturated heterocycles. The van der Waals surface area contributed by atoms with Gasteiger partial charge in [-0.1, -0.05) is 30.3 Å². The summed E-state index contributed by atoms with van der Waals surface area (Å²) in [6.07, 6.45) is 5.61. The van der Waals surface area contributed by atoms with Gasteiger partial charge in [0.15, 0.2) is 0 Å². The second-order valence-corrected chi connectivity index (χ2v) is 8.30. The Morgan fingerprint density at radius 3 is 2.52 bits per heavy atom. The molecule has 29 heavy (non-hydrogen) atoms. The number of aromatic nitrogens is 2. The van der Waals surface area contributed by atoms with E-state index in [0.29, 0.717) is 17.6 Å². The SMILES string of the molecule is Cc1c(C(=O)NC2CCN(C(C)c3ccccc3)CC2)cnn1C1CCOCC1. The molecule has 1 unspecified atom stereocenters. The van der Waals surface area contributed by atoms with Crippen molar-refractivity contribution in [2.24, 2.45) is 0 Å². The van der Waals surface area contributed by atoms with E-state index >= 15 is 0 Å². The Bertz CT molecular complexity index is 806. The Morgan fingerprint density at radius 2 is 1.83 bits per heavy atom. The van der Waals surface area contributed by atoms with Gasteiger partial charge in [0.05, 0.1) is 17.8 Å². The van der Waals surface area contributed by atoms with Crippen molar-refractivity contribution in [2.45, 2.75) is 57.7 Å². The molecule has 156 valence electrons. The van der Waals surface area contributed by atoms with E-state index in [0.717, 1.165) is 57.7 Å². The Morgan fingerprint density at radius 1 is 1.14 bits per heavy atom. The number of hydrogen-bond acceptors (Lipinski definition) is 4. The fourth-order valence-electron chi connectivity index (χ4n) is 4.58. The molecule has 1 atom stereocenters. The van der Waals surface area contributed by atoms with Crippen molar-refractivity contribution in [1.29, 1.82) is 0 Å². The van der Waals surface area contributed by atoms with Crippen molar-refractivity contribution < 1.29 is 9.53 Å². The molecule has 0 radical (unpaired) electrons. The number of hydrogen-bond donors (Lipinski definition) is 1.